The zero-order valence-electron chi connectivity index (χ0n) is 9.18. The van der Waals surface area contributed by atoms with Crippen molar-refractivity contribution in [3.63, 3.8) is 0 Å². The van der Waals surface area contributed by atoms with Gasteiger partial charge in [0, 0.05) is 17.5 Å². The first kappa shape index (κ1) is 11.4. The number of ether oxygens (including phenoxy) is 1. The molecule has 88 valence electrons. The molecule has 0 amide bonds. The third kappa shape index (κ3) is 2.53. The van der Waals surface area contributed by atoms with Crippen LogP contribution in [0.3, 0.4) is 0 Å². The van der Waals surface area contributed by atoms with Gasteiger partial charge in [-0.2, -0.15) is 0 Å². The first-order valence-electron chi connectivity index (χ1n) is 5.37. The Labute approximate surface area is 98.5 Å². The highest BCUT2D eigenvalue weighted by molar-refractivity contribution is 6.01. The highest BCUT2D eigenvalue weighted by Gasteiger charge is 2.22. The van der Waals surface area contributed by atoms with Crippen molar-refractivity contribution >= 4 is 11.8 Å². The molecular weight excluding hydrogens is 220 g/mol. The summed E-state index contributed by atoms with van der Waals surface area (Å²) in [4.78, 5) is 21.8. The van der Waals surface area contributed by atoms with Gasteiger partial charge in [0.05, 0.1) is 12.7 Å². The van der Waals surface area contributed by atoms with E-state index in [1.807, 2.05) is 0 Å². The topological polar surface area (TPSA) is 63.6 Å². The Morgan fingerprint density at radius 3 is 3.00 bits per heavy atom. The summed E-state index contributed by atoms with van der Waals surface area (Å²) in [6.07, 6.45) is 3.92. The molecule has 0 unspecified atom stereocenters. The Bertz CT molecular complexity index is 488. The first-order valence-corrected chi connectivity index (χ1v) is 5.37. The van der Waals surface area contributed by atoms with Crippen molar-refractivity contribution in [2.24, 2.45) is 0 Å². The van der Waals surface area contributed by atoms with Gasteiger partial charge >= 0.3 is 5.97 Å². The predicted octanol–water partition coefficient (Wildman–Crippen LogP) is 2.18. The van der Waals surface area contributed by atoms with Gasteiger partial charge in [-0.25, -0.2) is 0 Å². The molecular formula is C13H12O4. The first-order chi connectivity index (χ1) is 8.18. The minimum atomic E-state index is -0.904. The summed E-state index contributed by atoms with van der Waals surface area (Å²) in [5.41, 5.74) is 1.63. The van der Waals surface area contributed by atoms with E-state index in [1.54, 1.807) is 18.2 Å². The van der Waals surface area contributed by atoms with Crippen LogP contribution in [0.1, 0.15) is 28.8 Å². The second-order valence-electron chi connectivity index (χ2n) is 3.79. The molecule has 0 bridgehead atoms. The number of hydrogen-bond acceptors (Lipinski definition) is 3. The fourth-order valence-corrected chi connectivity index (χ4v) is 1.84. The fraction of sp³-hybridized carbons (Fsp3) is 0.231. The SMILES string of the molecule is O=C(O)C/C=C\Oc1cccc2c1CCC2=O. The third-order valence-corrected chi connectivity index (χ3v) is 2.62. The molecule has 1 aromatic rings. The number of carbonyl (C=O) groups is 2. The molecule has 0 spiro atoms. The summed E-state index contributed by atoms with van der Waals surface area (Å²) < 4.78 is 5.35. The van der Waals surface area contributed by atoms with Gasteiger partial charge < -0.3 is 9.84 Å². The maximum atomic E-state index is 11.5. The Hall–Kier alpha value is -2.10. The molecule has 0 fully saturated rings. The van der Waals surface area contributed by atoms with E-state index in [4.69, 9.17) is 9.84 Å². The number of carboxylic acids is 1. The number of carboxylic acid groups (broad SMARTS) is 1. The standard InChI is InChI=1S/C13H12O4/c14-11-7-6-10-9(11)3-1-4-12(10)17-8-2-5-13(15)16/h1-4,8H,5-7H2,(H,15,16)/b8-2-. The van der Waals surface area contributed by atoms with Crippen LogP contribution in [0.2, 0.25) is 0 Å². The van der Waals surface area contributed by atoms with Crippen LogP contribution in [-0.2, 0) is 11.2 Å². The lowest BCUT2D eigenvalue weighted by atomic mass is 10.1. The lowest BCUT2D eigenvalue weighted by Crippen LogP contribution is -1.94. The van der Waals surface area contributed by atoms with E-state index in [1.165, 1.54) is 12.3 Å². The lowest BCUT2D eigenvalue weighted by molar-refractivity contribution is -0.136. The second-order valence-corrected chi connectivity index (χ2v) is 3.79. The maximum Gasteiger partial charge on any atom is 0.307 e. The fourth-order valence-electron chi connectivity index (χ4n) is 1.84. The lowest BCUT2D eigenvalue weighted by Gasteiger charge is -2.05. The van der Waals surface area contributed by atoms with E-state index in [0.29, 0.717) is 24.2 Å². The van der Waals surface area contributed by atoms with Gasteiger partial charge in [0.1, 0.15) is 5.75 Å². The van der Waals surface area contributed by atoms with Crippen molar-refractivity contribution in [3.05, 3.63) is 41.7 Å². The van der Waals surface area contributed by atoms with Crippen LogP contribution in [0.5, 0.6) is 5.75 Å². The normalized spacial score (nSPS) is 14.0. The molecule has 1 N–H and O–H groups in total. The molecule has 4 nitrogen and oxygen atoms in total. The van der Waals surface area contributed by atoms with Crippen LogP contribution in [-0.4, -0.2) is 16.9 Å². The average molecular weight is 232 g/mol. The van der Waals surface area contributed by atoms with E-state index in [9.17, 15) is 9.59 Å². The number of hydrogen-bond donors (Lipinski definition) is 1. The third-order valence-electron chi connectivity index (χ3n) is 2.62. The van der Waals surface area contributed by atoms with Gasteiger partial charge in [-0.15, -0.1) is 0 Å². The minimum Gasteiger partial charge on any atom is -0.481 e. The van der Waals surface area contributed by atoms with Gasteiger partial charge in [0.15, 0.2) is 5.78 Å². The van der Waals surface area contributed by atoms with Crippen molar-refractivity contribution in [2.45, 2.75) is 19.3 Å². The van der Waals surface area contributed by atoms with E-state index in [-0.39, 0.29) is 12.2 Å². The molecule has 0 radical (unpaired) electrons. The Kier molecular flexibility index (Phi) is 3.23. The molecule has 0 aliphatic heterocycles. The van der Waals surface area contributed by atoms with E-state index in [0.717, 1.165) is 5.56 Å². The summed E-state index contributed by atoms with van der Waals surface area (Å²) >= 11 is 0. The van der Waals surface area contributed by atoms with Gasteiger partial charge in [0.25, 0.3) is 0 Å². The largest absolute Gasteiger partial charge is 0.481 e. The number of benzene rings is 1. The minimum absolute atomic E-state index is 0.0754. The highest BCUT2D eigenvalue weighted by atomic mass is 16.5. The van der Waals surface area contributed by atoms with Crippen LogP contribution in [0, 0.1) is 0 Å². The highest BCUT2D eigenvalue weighted by Crippen LogP contribution is 2.30. The summed E-state index contributed by atoms with van der Waals surface area (Å²) in [7, 11) is 0. The van der Waals surface area contributed by atoms with Crippen molar-refractivity contribution in [1.82, 2.24) is 0 Å². The number of aliphatic carboxylic acids is 1. The van der Waals surface area contributed by atoms with Gasteiger partial charge in [-0.05, 0) is 18.6 Å². The van der Waals surface area contributed by atoms with Crippen molar-refractivity contribution in [3.8, 4) is 5.75 Å². The van der Waals surface area contributed by atoms with Crippen LogP contribution in [0.25, 0.3) is 0 Å². The number of rotatable bonds is 4. The van der Waals surface area contributed by atoms with Gasteiger partial charge in [-0.1, -0.05) is 12.1 Å². The summed E-state index contributed by atoms with van der Waals surface area (Å²) in [6.45, 7) is 0. The average Bonchev–Trinajstić information content (AvgIpc) is 2.67. The second kappa shape index (κ2) is 4.82. The molecule has 4 heteroatoms. The smallest absolute Gasteiger partial charge is 0.307 e. The molecule has 0 heterocycles. The molecule has 0 aromatic heterocycles. The van der Waals surface area contributed by atoms with Crippen molar-refractivity contribution < 1.29 is 19.4 Å². The number of Topliss-reactive ketones (excluding diaryl/α,β-unsaturated/α-hetero) is 1. The number of carbonyl (C=O) groups excluding carboxylic acids is 1. The zero-order chi connectivity index (χ0) is 12.3. The van der Waals surface area contributed by atoms with E-state index < -0.39 is 5.97 Å². The molecule has 1 aromatic carbocycles. The molecule has 0 atom stereocenters. The molecule has 17 heavy (non-hydrogen) atoms. The number of fused-ring (bicyclic) bond motifs is 1. The van der Waals surface area contributed by atoms with E-state index in [2.05, 4.69) is 0 Å². The maximum absolute atomic E-state index is 11.5. The molecule has 1 aliphatic carbocycles. The summed E-state index contributed by atoms with van der Waals surface area (Å²) in [5.74, 6) is -0.131. The predicted molar refractivity (Wildman–Crippen MR) is 61.1 cm³/mol. The van der Waals surface area contributed by atoms with Gasteiger partial charge in [-0.3, -0.25) is 9.59 Å². The van der Waals surface area contributed by atoms with Crippen LogP contribution in [0.15, 0.2) is 30.5 Å². The van der Waals surface area contributed by atoms with Gasteiger partial charge in [0.2, 0.25) is 0 Å². The van der Waals surface area contributed by atoms with Crippen LogP contribution in [0.4, 0.5) is 0 Å². The quantitative estimate of drug-likeness (QED) is 0.808. The summed E-state index contributed by atoms with van der Waals surface area (Å²) in [5, 5.41) is 8.45. The molecule has 0 saturated heterocycles. The zero-order valence-corrected chi connectivity index (χ0v) is 9.18. The van der Waals surface area contributed by atoms with E-state index >= 15 is 0 Å². The summed E-state index contributed by atoms with van der Waals surface area (Å²) in [6, 6.07) is 5.34. The van der Waals surface area contributed by atoms with Crippen molar-refractivity contribution in [2.75, 3.05) is 0 Å². The van der Waals surface area contributed by atoms with Crippen molar-refractivity contribution in [1.29, 1.82) is 0 Å². The molecule has 0 saturated carbocycles. The molecule has 1 aliphatic rings. The Balaban J connectivity index is 2.10. The number of ketones is 1. The Morgan fingerprint density at radius 1 is 1.41 bits per heavy atom. The Morgan fingerprint density at radius 2 is 2.24 bits per heavy atom. The monoisotopic (exact) mass is 232 g/mol. The van der Waals surface area contributed by atoms with Crippen LogP contribution >= 0.6 is 0 Å². The van der Waals surface area contributed by atoms with Crippen LogP contribution < -0.4 is 4.74 Å². The molecule has 2 rings (SSSR count).